The van der Waals surface area contributed by atoms with E-state index in [2.05, 4.69) is 10.1 Å². The summed E-state index contributed by atoms with van der Waals surface area (Å²) in [7, 11) is 0. The van der Waals surface area contributed by atoms with Crippen LogP contribution in [0.5, 0.6) is 5.75 Å². The van der Waals surface area contributed by atoms with Gasteiger partial charge in [-0.25, -0.2) is 9.18 Å². The molecule has 2 aromatic rings. The Labute approximate surface area is 193 Å². The van der Waals surface area contributed by atoms with Gasteiger partial charge in [-0.15, -0.1) is 13.2 Å². The predicted molar refractivity (Wildman–Crippen MR) is 115 cm³/mol. The smallest absolute Gasteiger partial charge is 0.446 e. The van der Waals surface area contributed by atoms with Crippen LogP contribution in [0.2, 0.25) is 0 Å². The van der Waals surface area contributed by atoms with Crippen molar-refractivity contribution < 1.29 is 36.6 Å². The van der Waals surface area contributed by atoms with Crippen LogP contribution in [0, 0.1) is 11.2 Å². The van der Waals surface area contributed by atoms with E-state index in [0.717, 1.165) is 0 Å². The molecule has 1 saturated heterocycles. The Balaban J connectivity index is 1.27. The summed E-state index contributed by atoms with van der Waals surface area (Å²) in [5, 5.41) is 2.61. The Morgan fingerprint density at radius 1 is 1.09 bits per heavy atom. The van der Waals surface area contributed by atoms with E-state index in [0.29, 0.717) is 49.9 Å². The molecule has 2 aliphatic rings. The number of carbonyl (C=O) groups excluding carboxylic acids is 2. The van der Waals surface area contributed by atoms with Gasteiger partial charge in [-0.2, -0.15) is 0 Å². The second-order valence-corrected chi connectivity index (χ2v) is 8.62. The molecule has 0 radical (unpaired) electrons. The molecule has 1 N–H and O–H groups in total. The maximum absolute atomic E-state index is 13.2. The van der Waals surface area contributed by atoms with Crippen LogP contribution in [0.1, 0.15) is 37.7 Å². The highest BCUT2D eigenvalue weighted by atomic mass is 19.4. The van der Waals surface area contributed by atoms with Crippen molar-refractivity contribution in [3.05, 3.63) is 59.9 Å². The lowest BCUT2D eigenvalue weighted by Gasteiger charge is -2.35. The molecule has 1 aliphatic carbocycles. The Bertz CT molecular complexity index is 1030. The molecule has 10 heteroatoms. The lowest BCUT2D eigenvalue weighted by atomic mass is 9.72. The van der Waals surface area contributed by atoms with Crippen molar-refractivity contribution in [3.8, 4) is 5.75 Å². The minimum atomic E-state index is -4.77. The van der Waals surface area contributed by atoms with E-state index in [-0.39, 0.29) is 30.1 Å². The zero-order chi connectivity index (χ0) is 24.3. The van der Waals surface area contributed by atoms with Gasteiger partial charge in [-0.1, -0.05) is 12.1 Å². The largest absolute Gasteiger partial charge is 0.573 e. The third kappa shape index (κ3) is 5.60. The van der Waals surface area contributed by atoms with Crippen molar-refractivity contribution in [2.75, 3.05) is 11.4 Å². The molecule has 1 aliphatic heterocycles. The fourth-order valence-electron chi connectivity index (χ4n) is 4.63. The van der Waals surface area contributed by atoms with Crippen LogP contribution in [0.4, 0.5) is 28.0 Å². The molecule has 0 atom stereocenters. The lowest BCUT2D eigenvalue weighted by Crippen LogP contribution is -2.40. The number of nitrogens with zero attached hydrogens (tertiary/aromatic N) is 1. The SMILES string of the molecule is O=C(NCc1cccc(F)c1)OC1CCC2(CC1)CCN(c1ccc(OC(F)(F)F)cc1)C2=O. The average Bonchev–Trinajstić information content (AvgIpc) is 3.09. The second kappa shape index (κ2) is 9.52. The van der Waals surface area contributed by atoms with Gasteiger partial charge >= 0.3 is 12.5 Å². The van der Waals surface area contributed by atoms with Crippen molar-refractivity contribution in [2.24, 2.45) is 5.41 Å². The molecule has 182 valence electrons. The molecule has 2 amide bonds. The zero-order valence-electron chi connectivity index (χ0n) is 18.2. The van der Waals surface area contributed by atoms with Crippen LogP contribution in [-0.4, -0.2) is 31.0 Å². The van der Waals surface area contributed by atoms with Gasteiger partial charge in [0.2, 0.25) is 5.91 Å². The summed E-state index contributed by atoms with van der Waals surface area (Å²) < 4.78 is 59.6. The molecular formula is C24H24F4N2O4. The van der Waals surface area contributed by atoms with Crippen molar-refractivity contribution in [1.82, 2.24) is 5.32 Å². The molecule has 1 heterocycles. The summed E-state index contributed by atoms with van der Waals surface area (Å²) in [6.07, 6.45) is -2.88. The fraction of sp³-hybridized carbons (Fsp3) is 0.417. The standard InChI is InChI=1S/C24H24F4N2O4/c25-17-3-1-2-16(14-17)15-29-22(32)33-19-8-10-23(11-9-19)12-13-30(21(23)31)18-4-6-20(7-5-18)34-24(26,27)28/h1-7,14,19H,8-13,15H2,(H,29,32). The van der Waals surface area contributed by atoms with E-state index in [9.17, 15) is 27.2 Å². The predicted octanol–water partition coefficient (Wildman–Crippen LogP) is 5.32. The normalized spacial score (nSPS) is 22.6. The number of alkyl carbamates (subject to hydrolysis) is 1. The summed E-state index contributed by atoms with van der Waals surface area (Å²) in [6, 6.07) is 11.2. The van der Waals surface area contributed by atoms with Gasteiger partial charge in [0.15, 0.2) is 0 Å². The van der Waals surface area contributed by atoms with Gasteiger partial charge in [-0.3, -0.25) is 4.79 Å². The first kappa shape index (κ1) is 23.8. The summed E-state index contributed by atoms with van der Waals surface area (Å²) in [5.74, 6) is -0.789. The van der Waals surface area contributed by atoms with Crippen molar-refractivity contribution in [3.63, 3.8) is 0 Å². The Hall–Kier alpha value is -3.30. The molecule has 0 aromatic heterocycles. The minimum Gasteiger partial charge on any atom is -0.446 e. The van der Waals surface area contributed by atoms with Crippen LogP contribution in [-0.2, 0) is 16.1 Å². The number of anilines is 1. The third-order valence-corrected chi connectivity index (χ3v) is 6.38. The van der Waals surface area contributed by atoms with Gasteiger partial charge in [0.05, 0.1) is 5.41 Å². The number of ether oxygens (including phenoxy) is 2. The number of hydrogen-bond acceptors (Lipinski definition) is 4. The highest BCUT2D eigenvalue weighted by molar-refractivity contribution is 6.00. The van der Waals surface area contributed by atoms with Crippen molar-refractivity contribution in [2.45, 2.75) is 51.1 Å². The molecule has 2 fully saturated rings. The van der Waals surface area contributed by atoms with Gasteiger partial charge in [0.1, 0.15) is 17.7 Å². The number of hydrogen-bond donors (Lipinski definition) is 1. The first-order valence-corrected chi connectivity index (χ1v) is 11.0. The fourth-order valence-corrected chi connectivity index (χ4v) is 4.63. The highest BCUT2D eigenvalue weighted by Crippen LogP contribution is 2.46. The topological polar surface area (TPSA) is 67.9 Å². The number of nitrogens with one attached hydrogen (secondary N) is 1. The van der Waals surface area contributed by atoms with E-state index in [1.165, 1.54) is 36.4 Å². The first-order valence-electron chi connectivity index (χ1n) is 11.0. The summed E-state index contributed by atoms with van der Waals surface area (Å²) >= 11 is 0. The number of benzene rings is 2. The maximum atomic E-state index is 13.2. The molecule has 1 spiro atoms. The van der Waals surface area contributed by atoms with E-state index in [1.807, 2.05) is 0 Å². The summed E-state index contributed by atoms with van der Waals surface area (Å²) in [5.41, 5.74) is 0.583. The number of amides is 2. The van der Waals surface area contributed by atoms with Crippen LogP contribution in [0.15, 0.2) is 48.5 Å². The molecule has 6 nitrogen and oxygen atoms in total. The number of carbonyl (C=O) groups is 2. The van der Waals surface area contributed by atoms with E-state index < -0.39 is 17.9 Å². The van der Waals surface area contributed by atoms with Crippen LogP contribution < -0.4 is 15.0 Å². The first-order chi connectivity index (χ1) is 16.1. The number of alkyl halides is 3. The van der Waals surface area contributed by atoms with Gasteiger partial charge in [0, 0.05) is 18.8 Å². The lowest BCUT2D eigenvalue weighted by molar-refractivity contribution is -0.274. The number of halogens is 4. The molecule has 0 unspecified atom stereocenters. The molecule has 4 rings (SSSR count). The van der Waals surface area contributed by atoms with Gasteiger partial charge in [-0.05, 0) is 74.1 Å². The second-order valence-electron chi connectivity index (χ2n) is 8.62. The van der Waals surface area contributed by atoms with Crippen LogP contribution >= 0.6 is 0 Å². The van der Waals surface area contributed by atoms with Gasteiger partial charge < -0.3 is 19.7 Å². The molecule has 0 bridgehead atoms. The molecule has 2 aromatic carbocycles. The van der Waals surface area contributed by atoms with Crippen LogP contribution in [0.3, 0.4) is 0 Å². The molecule has 1 saturated carbocycles. The van der Waals surface area contributed by atoms with Gasteiger partial charge in [0.25, 0.3) is 0 Å². The third-order valence-electron chi connectivity index (χ3n) is 6.38. The molecule has 34 heavy (non-hydrogen) atoms. The van der Waals surface area contributed by atoms with E-state index in [4.69, 9.17) is 4.74 Å². The van der Waals surface area contributed by atoms with Crippen LogP contribution in [0.25, 0.3) is 0 Å². The number of rotatable bonds is 5. The average molecular weight is 480 g/mol. The van der Waals surface area contributed by atoms with Crippen molar-refractivity contribution >= 4 is 17.7 Å². The van der Waals surface area contributed by atoms with Crippen molar-refractivity contribution in [1.29, 1.82) is 0 Å². The van der Waals surface area contributed by atoms with E-state index in [1.54, 1.807) is 17.0 Å². The Morgan fingerprint density at radius 3 is 2.44 bits per heavy atom. The summed E-state index contributed by atoms with van der Waals surface area (Å²) in [4.78, 5) is 26.9. The summed E-state index contributed by atoms with van der Waals surface area (Å²) in [6.45, 7) is 0.617. The highest BCUT2D eigenvalue weighted by Gasteiger charge is 2.49. The Kier molecular flexibility index (Phi) is 6.67. The van der Waals surface area contributed by atoms with E-state index >= 15 is 0 Å². The monoisotopic (exact) mass is 480 g/mol. The molecular weight excluding hydrogens is 456 g/mol. The zero-order valence-corrected chi connectivity index (χ0v) is 18.2. The maximum Gasteiger partial charge on any atom is 0.573 e. The minimum absolute atomic E-state index is 0.0639. The Morgan fingerprint density at radius 2 is 1.79 bits per heavy atom. The quantitative estimate of drug-likeness (QED) is 0.589.